The van der Waals surface area contributed by atoms with Crippen LogP contribution in [0.2, 0.25) is 0 Å². The van der Waals surface area contributed by atoms with Crippen LogP contribution in [-0.4, -0.2) is 29.7 Å². The molecule has 0 saturated heterocycles. The fraction of sp³-hybridized carbons (Fsp3) is 0.208. The molecule has 0 fully saturated rings. The Kier molecular flexibility index (Phi) is 5.96. The van der Waals surface area contributed by atoms with Gasteiger partial charge in [-0.25, -0.2) is 4.98 Å². The van der Waals surface area contributed by atoms with Crippen molar-refractivity contribution < 1.29 is 14.3 Å². The van der Waals surface area contributed by atoms with Crippen molar-refractivity contribution in [2.24, 2.45) is 0 Å². The van der Waals surface area contributed by atoms with Crippen LogP contribution in [0.15, 0.2) is 52.9 Å². The predicted octanol–water partition coefficient (Wildman–Crippen LogP) is 4.40. The number of aryl methyl sites for hydroxylation is 2. The van der Waals surface area contributed by atoms with E-state index in [1.54, 1.807) is 25.3 Å². The van der Waals surface area contributed by atoms with Gasteiger partial charge >= 0.3 is 0 Å². The summed E-state index contributed by atoms with van der Waals surface area (Å²) in [6, 6.07) is 11.2. The minimum Gasteiger partial charge on any atom is -0.497 e. The first-order valence-electron chi connectivity index (χ1n) is 9.97. The minimum atomic E-state index is -0.372. The van der Waals surface area contributed by atoms with Crippen LogP contribution in [-0.2, 0) is 11.3 Å². The number of nitrogens with zero attached hydrogens (tertiary/aromatic N) is 2. The van der Waals surface area contributed by atoms with Gasteiger partial charge in [0.1, 0.15) is 22.9 Å². The van der Waals surface area contributed by atoms with Crippen LogP contribution < -0.4 is 20.3 Å². The molecule has 7 nitrogen and oxygen atoms in total. The first kappa shape index (κ1) is 21.6. The summed E-state index contributed by atoms with van der Waals surface area (Å²) in [5.74, 6) is 0.705. The lowest BCUT2D eigenvalue weighted by molar-refractivity contribution is -0.116. The fourth-order valence-corrected chi connectivity index (χ4v) is 4.55. The SMILES string of the molecule is COc1ccc(OC)c(NC(=O)Cn2cnc3scc(-c4ccc(C)cc4C)c3c2=O)c1. The summed E-state index contributed by atoms with van der Waals surface area (Å²) in [6.45, 7) is 3.88. The van der Waals surface area contributed by atoms with Crippen molar-refractivity contribution >= 4 is 33.1 Å². The number of hydrogen-bond acceptors (Lipinski definition) is 6. The van der Waals surface area contributed by atoms with Crippen LogP contribution in [0.4, 0.5) is 5.69 Å². The van der Waals surface area contributed by atoms with Crippen LogP contribution in [0.1, 0.15) is 11.1 Å². The van der Waals surface area contributed by atoms with Crippen molar-refractivity contribution in [3.05, 3.63) is 69.6 Å². The van der Waals surface area contributed by atoms with E-state index in [2.05, 4.69) is 16.4 Å². The molecule has 0 aliphatic carbocycles. The number of thiophene rings is 1. The van der Waals surface area contributed by atoms with Gasteiger partial charge < -0.3 is 14.8 Å². The molecule has 1 amide bonds. The predicted molar refractivity (Wildman–Crippen MR) is 127 cm³/mol. The standard InChI is InChI=1S/C24H23N3O4S/c1-14-5-7-17(15(2)9-14)18-12-32-23-22(18)24(29)27(13-25-23)11-21(28)26-19-10-16(30-3)6-8-20(19)31-4/h5-10,12-13H,11H2,1-4H3,(H,26,28). The molecule has 2 aromatic carbocycles. The summed E-state index contributed by atoms with van der Waals surface area (Å²) in [7, 11) is 3.06. The number of fused-ring (bicyclic) bond motifs is 1. The number of aromatic nitrogens is 2. The van der Waals surface area contributed by atoms with E-state index in [0.29, 0.717) is 27.4 Å². The second-order valence-corrected chi connectivity index (χ2v) is 8.30. The average molecular weight is 450 g/mol. The van der Waals surface area contributed by atoms with Crippen molar-refractivity contribution in [2.75, 3.05) is 19.5 Å². The molecule has 0 atom stereocenters. The molecule has 0 saturated carbocycles. The molecule has 32 heavy (non-hydrogen) atoms. The smallest absolute Gasteiger partial charge is 0.263 e. The third-order valence-electron chi connectivity index (χ3n) is 5.23. The zero-order valence-electron chi connectivity index (χ0n) is 18.3. The van der Waals surface area contributed by atoms with Gasteiger partial charge in [-0.05, 0) is 37.1 Å². The van der Waals surface area contributed by atoms with Crippen molar-refractivity contribution in [3.63, 3.8) is 0 Å². The molecule has 8 heteroatoms. The van der Waals surface area contributed by atoms with Crippen molar-refractivity contribution in [2.45, 2.75) is 20.4 Å². The van der Waals surface area contributed by atoms with Gasteiger partial charge in [0, 0.05) is 17.0 Å². The summed E-state index contributed by atoms with van der Waals surface area (Å²) < 4.78 is 11.8. The molecule has 0 aliphatic heterocycles. The first-order valence-corrected chi connectivity index (χ1v) is 10.9. The van der Waals surface area contributed by atoms with Crippen molar-refractivity contribution in [1.29, 1.82) is 0 Å². The minimum absolute atomic E-state index is 0.176. The van der Waals surface area contributed by atoms with Crippen LogP contribution >= 0.6 is 11.3 Å². The highest BCUT2D eigenvalue weighted by molar-refractivity contribution is 7.17. The highest BCUT2D eigenvalue weighted by Gasteiger charge is 2.17. The average Bonchev–Trinajstić information content (AvgIpc) is 3.20. The van der Waals surface area contributed by atoms with Gasteiger partial charge in [-0.1, -0.05) is 23.8 Å². The molecule has 0 aliphatic rings. The van der Waals surface area contributed by atoms with E-state index >= 15 is 0 Å². The summed E-state index contributed by atoms with van der Waals surface area (Å²) in [5, 5.41) is 5.26. The third-order valence-corrected chi connectivity index (χ3v) is 6.11. The van der Waals surface area contributed by atoms with Crippen molar-refractivity contribution in [3.8, 4) is 22.6 Å². The Morgan fingerprint density at radius 1 is 1.09 bits per heavy atom. The van der Waals surface area contributed by atoms with Gasteiger partial charge in [-0.2, -0.15) is 0 Å². The Bertz CT molecular complexity index is 1370. The summed E-state index contributed by atoms with van der Waals surface area (Å²) in [4.78, 5) is 31.1. The van der Waals surface area contributed by atoms with Crippen LogP contribution in [0.5, 0.6) is 11.5 Å². The molecular weight excluding hydrogens is 426 g/mol. The number of ether oxygens (including phenoxy) is 2. The van der Waals surface area contributed by atoms with Crippen LogP contribution in [0.3, 0.4) is 0 Å². The molecule has 2 heterocycles. The molecule has 2 aromatic heterocycles. The highest BCUT2D eigenvalue weighted by Crippen LogP contribution is 2.33. The molecule has 4 rings (SSSR count). The molecular formula is C24H23N3O4S. The fourth-order valence-electron chi connectivity index (χ4n) is 3.65. The number of hydrogen-bond donors (Lipinski definition) is 1. The number of methoxy groups -OCH3 is 2. The summed E-state index contributed by atoms with van der Waals surface area (Å²) in [6.07, 6.45) is 1.41. The number of anilines is 1. The number of carbonyl (C=O) groups excluding carboxylic acids is 1. The highest BCUT2D eigenvalue weighted by atomic mass is 32.1. The lowest BCUT2D eigenvalue weighted by atomic mass is 9.99. The monoisotopic (exact) mass is 449 g/mol. The van der Waals surface area contributed by atoms with Gasteiger partial charge in [0.15, 0.2) is 0 Å². The number of amides is 1. The maximum absolute atomic E-state index is 13.3. The van der Waals surface area contributed by atoms with Crippen molar-refractivity contribution in [1.82, 2.24) is 9.55 Å². The normalized spacial score (nSPS) is 10.9. The second kappa shape index (κ2) is 8.84. The van der Waals surface area contributed by atoms with E-state index in [4.69, 9.17) is 9.47 Å². The maximum Gasteiger partial charge on any atom is 0.263 e. The number of rotatable bonds is 6. The Balaban J connectivity index is 1.67. The first-order chi connectivity index (χ1) is 15.4. The maximum atomic E-state index is 13.3. The third kappa shape index (κ3) is 4.09. The van der Waals surface area contributed by atoms with E-state index in [1.165, 1.54) is 29.3 Å². The Morgan fingerprint density at radius 3 is 2.62 bits per heavy atom. The lowest BCUT2D eigenvalue weighted by Gasteiger charge is -2.12. The number of nitrogens with one attached hydrogen (secondary N) is 1. The lowest BCUT2D eigenvalue weighted by Crippen LogP contribution is -2.28. The van der Waals surface area contributed by atoms with Crippen LogP contribution in [0, 0.1) is 13.8 Å². The number of benzene rings is 2. The number of carbonyl (C=O) groups is 1. The summed E-state index contributed by atoms with van der Waals surface area (Å²) in [5.41, 5.74) is 4.28. The van der Waals surface area contributed by atoms with Gasteiger partial charge in [-0.3, -0.25) is 14.2 Å². The van der Waals surface area contributed by atoms with E-state index in [9.17, 15) is 9.59 Å². The Morgan fingerprint density at radius 2 is 1.91 bits per heavy atom. The van der Waals surface area contributed by atoms with Crippen LogP contribution in [0.25, 0.3) is 21.3 Å². The topological polar surface area (TPSA) is 82.4 Å². The quantitative estimate of drug-likeness (QED) is 0.472. The Labute approximate surface area is 189 Å². The molecule has 0 radical (unpaired) electrons. The zero-order chi connectivity index (χ0) is 22.8. The van der Waals surface area contributed by atoms with E-state index < -0.39 is 0 Å². The van der Waals surface area contributed by atoms with Gasteiger partial charge in [0.25, 0.3) is 5.56 Å². The van der Waals surface area contributed by atoms with Gasteiger partial charge in [-0.15, -0.1) is 11.3 Å². The molecule has 0 bridgehead atoms. The largest absolute Gasteiger partial charge is 0.497 e. The van der Waals surface area contributed by atoms with E-state index in [0.717, 1.165) is 22.3 Å². The molecule has 4 aromatic rings. The Hall–Kier alpha value is -3.65. The molecule has 1 N–H and O–H groups in total. The van der Waals surface area contributed by atoms with Gasteiger partial charge in [0.2, 0.25) is 5.91 Å². The summed E-state index contributed by atoms with van der Waals surface area (Å²) >= 11 is 1.42. The van der Waals surface area contributed by atoms with Gasteiger partial charge in [0.05, 0.1) is 31.6 Å². The molecule has 164 valence electrons. The molecule has 0 spiro atoms. The zero-order valence-corrected chi connectivity index (χ0v) is 19.1. The van der Waals surface area contributed by atoms with E-state index in [1.807, 2.05) is 31.4 Å². The molecule has 0 unspecified atom stereocenters. The van der Waals surface area contributed by atoms with E-state index in [-0.39, 0.29) is 18.0 Å². The second-order valence-electron chi connectivity index (χ2n) is 7.44.